The lowest BCUT2D eigenvalue weighted by Crippen LogP contribution is -2.27. The van der Waals surface area contributed by atoms with Gasteiger partial charge in [-0.1, -0.05) is 11.6 Å². The van der Waals surface area contributed by atoms with E-state index in [2.05, 4.69) is 9.97 Å². The number of esters is 1. The molecule has 7 nitrogen and oxygen atoms in total. The third-order valence-corrected chi connectivity index (χ3v) is 4.74. The summed E-state index contributed by atoms with van der Waals surface area (Å²) >= 11 is 6.08. The molecule has 3 rings (SSSR count). The van der Waals surface area contributed by atoms with Gasteiger partial charge in [0.25, 0.3) is 12.3 Å². The molecule has 0 aromatic carbocycles. The zero-order chi connectivity index (χ0) is 21.1. The highest BCUT2D eigenvalue weighted by atomic mass is 35.5. The first-order chi connectivity index (χ1) is 13.8. The second kappa shape index (κ2) is 8.69. The van der Waals surface area contributed by atoms with Crippen LogP contribution in [-0.4, -0.2) is 46.4 Å². The van der Waals surface area contributed by atoms with Gasteiger partial charge in [-0.3, -0.25) is 4.79 Å². The van der Waals surface area contributed by atoms with Crippen molar-refractivity contribution >= 4 is 23.5 Å². The summed E-state index contributed by atoms with van der Waals surface area (Å²) in [6, 6.07) is 2.62. The minimum atomic E-state index is -2.64. The number of carbonyl (C=O) groups excluding carboxylic acids is 2. The maximum Gasteiger partial charge on any atom is 0.357 e. The van der Waals surface area contributed by atoms with Crippen LogP contribution in [0, 0.1) is 0 Å². The average Bonchev–Trinajstić information content (AvgIpc) is 3.03. The Hall–Kier alpha value is -2.81. The average molecular weight is 426 g/mol. The van der Waals surface area contributed by atoms with Gasteiger partial charge in [-0.2, -0.15) is 0 Å². The van der Waals surface area contributed by atoms with E-state index in [1.807, 2.05) is 0 Å². The van der Waals surface area contributed by atoms with Crippen LogP contribution >= 0.6 is 11.6 Å². The minimum absolute atomic E-state index is 0.0630. The van der Waals surface area contributed by atoms with Crippen LogP contribution in [0.1, 0.15) is 51.9 Å². The maximum atomic E-state index is 12.9. The maximum absolute atomic E-state index is 12.9. The molecular formula is C19H18ClF2N3O4. The third kappa shape index (κ3) is 4.29. The first kappa shape index (κ1) is 20.9. The fourth-order valence-corrected chi connectivity index (χ4v) is 3.26. The normalized spacial score (nSPS) is 14.1. The summed E-state index contributed by atoms with van der Waals surface area (Å²) < 4.78 is 34.5. The zero-order valence-corrected chi connectivity index (χ0v) is 16.4. The van der Waals surface area contributed by atoms with E-state index in [1.54, 1.807) is 24.8 Å². The molecule has 0 radical (unpaired) electrons. The van der Waals surface area contributed by atoms with Gasteiger partial charge in [0.15, 0.2) is 12.3 Å². The molecule has 1 aliphatic rings. The largest absolute Gasteiger partial charge is 0.471 e. The molecule has 10 heteroatoms. The molecule has 2 aromatic heterocycles. The monoisotopic (exact) mass is 425 g/mol. The number of nitrogens with zero attached hydrogens (tertiary/aromatic N) is 3. The van der Waals surface area contributed by atoms with E-state index in [1.165, 1.54) is 18.5 Å². The van der Waals surface area contributed by atoms with Crippen molar-refractivity contribution in [3.8, 4) is 5.88 Å². The second-order valence-electron chi connectivity index (χ2n) is 6.27. The van der Waals surface area contributed by atoms with Crippen LogP contribution in [0.4, 0.5) is 8.78 Å². The van der Waals surface area contributed by atoms with Crippen LogP contribution in [0.15, 0.2) is 24.5 Å². The van der Waals surface area contributed by atoms with E-state index < -0.39 is 25.0 Å². The van der Waals surface area contributed by atoms with Gasteiger partial charge in [0.1, 0.15) is 5.02 Å². The lowest BCUT2D eigenvalue weighted by atomic mass is 10.1. The fourth-order valence-electron chi connectivity index (χ4n) is 3.03. The molecule has 1 aliphatic heterocycles. The van der Waals surface area contributed by atoms with Crippen molar-refractivity contribution in [3.63, 3.8) is 0 Å². The molecule has 0 N–H and O–H groups in total. The van der Waals surface area contributed by atoms with Crippen LogP contribution in [-0.2, 0) is 11.3 Å². The van der Waals surface area contributed by atoms with Gasteiger partial charge in [-0.05, 0) is 31.5 Å². The number of rotatable bonds is 7. The van der Waals surface area contributed by atoms with Gasteiger partial charge < -0.3 is 14.4 Å². The molecule has 1 unspecified atom stereocenters. The number of aromatic nitrogens is 2. The second-order valence-corrected chi connectivity index (χ2v) is 6.68. The van der Waals surface area contributed by atoms with Crippen LogP contribution < -0.4 is 4.74 Å². The molecule has 3 heterocycles. The van der Waals surface area contributed by atoms with Gasteiger partial charge in [0.2, 0.25) is 5.88 Å². The lowest BCUT2D eigenvalue weighted by molar-refractivity contribution is 0.0515. The van der Waals surface area contributed by atoms with E-state index >= 15 is 0 Å². The van der Waals surface area contributed by atoms with Crippen molar-refractivity contribution in [1.82, 2.24) is 14.9 Å². The molecule has 0 fully saturated rings. The number of hydrogen-bond acceptors (Lipinski definition) is 6. The van der Waals surface area contributed by atoms with E-state index in [4.69, 9.17) is 21.1 Å². The Kier molecular flexibility index (Phi) is 6.26. The van der Waals surface area contributed by atoms with Crippen LogP contribution in [0.2, 0.25) is 5.02 Å². The summed E-state index contributed by atoms with van der Waals surface area (Å²) in [5.74, 6) is -0.959. The molecular weight excluding hydrogens is 408 g/mol. The molecule has 0 saturated carbocycles. The Balaban J connectivity index is 1.82. The molecule has 1 amide bonds. The van der Waals surface area contributed by atoms with Crippen molar-refractivity contribution in [3.05, 3.63) is 51.9 Å². The predicted octanol–water partition coefficient (Wildman–Crippen LogP) is 3.67. The highest BCUT2D eigenvalue weighted by Crippen LogP contribution is 2.34. The fraction of sp³-hybridized carbons (Fsp3) is 0.368. The summed E-state index contributed by atoms with van der Waals surface area (Å²) in [5.41, 5.74) is 1.58. The van der Waals surface area contributed by atoms with E-state index in [0.29, 0.717) is 16.7 Å². The van der Waals surface area contributed by atoms with Crippen molar-refractivity contribution < 1.29 is 27.8 Å². The molecule has 0 saturated heterocycles. The van der Waals surface area contributed by atoms with Crippen LogP contribution in [0.5, 0.6) is 5.88 Å². The Morgan fingerprint density at radius 1 is 1.38 bits per heavy atom. The van der Waals surface area contributed by atoms with Crippen LogP contribution in [0.25, 0.3) is 0 Å². The highest BCUT2D eigenvalue weighted by Gasteiger charge is 2.35. The summed E-state index contributed by atoms with van der Waals surface area (Å²) in [4.78, 5) is 34.6. The predicted molar refractivity (Wildman–Crippen MR) is 99.2 cm³/mol. The van der Waals surface area contributed by atoms with Gasteiger partial charge in [0.05, 0.1) is 12.6 Å². The summed E-state index contributed by atoms with van der Waals surface area (Å²) in [6.45, 7) is 3.01. The van der Waals surface area contributed by atoms with Crippen molar-refractivity contribution in [2.24, 2.45) is 0 Å². The number of ether oxygens (including phenoxy) is 2. The number of amides is 1. The smallest absolute Gasteiger partial charge is 0.357 e. The van der Waals surface area contributed by atoms with Gasteiger partial charge in [0, 0.05) is 30.1 Å². The molecule has 0 spiro atoms. The van der Waals surface area contributed by atoms with Crippen LogP contribution in [0.3, 0.4) is 0 Å². The summed E-state index contributed by atoms with van der Waals surface area (Å²) in [7, 11) is 0. The number of pyridine rings is 2. The third-order valence-electron chi connectivity index (χ3n) is 4.47. The number of fused-ring (bicyclic) bond motifs is 1. The molecule has 2 aromatic rings. The van der Waals surface area contributed by atoms with Crippen molar-refractivity contribution in [2.45, 2.75) is 32.9 Å². The van der Waals surface area contributed by atoms with E-state index in [9.17, 15) is 18.4 Å². The van der Waals surface area contributed by atoms with Gasteiger partial charge in [-0.15, -0.1) is 0 Å². The van der Waals surface area contributed by atoms with Crippen molar-refractivity contribution in [2.75, 3.05) is 13.2 Å². The number of carbonyl (C=O) groups is 2. The standard InChI is InChI=1S/C19H18ClF2N3O4/c1-3-28-19(27)16-13-8-25(18(26)12(13)4-5-23-16)10(2)11-6-14(20)17(24-7-11)29-9-15(21)22/h4-7,10,15H,3,8-9H2,1-2H3. The van der Waals surface area contributed by atoms with E-state index in [0.717, 1.165) is 0 Å². The Bertz CT molecular complexity index is 942. The first-order valence-electron chi connectivity index (χ1n) is 8.85. The molecule has 29 heavy (non-hydrogen) atoms. The zero-order valence-electron chi connectivity index (χ0n) is 15.7. The Labute approximate surface area is 170 Å². The highest BCUT2D eigenvalue weighted by molar-refractivity contribution is 6.31. The van der Waals surface area contributed by atoms with Crippen molar-refractivity contribution in [1.29, 1.82) is 0 Å². The van der Waals surface area contributed by atoms with E-state index in [-0.39, 0.29) is 35.7 Å². The molecule has 0 aliphatic carbocycles. The summed E-state index contributed by atoms with van der Waals surface area (Å²) in [5, 5.41) is 0.0630. The van der Waals surface area contributed by atoms with Gasteiger partial charge in [-0.25, -0.2) is 23.5 Å². The Morgan fingerprint density at radius 2 is 2.14 bits per heavy atom. The SMILES string of the molecule is CCOC(=O)c1nccc2c1CN(C(C)c1cnc(OCC(F)F)c(Cl)c1)C2=O. The van der Waals surface area contributed by atoms with Gasteiger partial charge >= 0.3 is 5.97 Å². The lowest BCUT2D eigenvalue weighted by Gasteiger charge is -2.24. The topological polar surface area (TPSA) is 81.6 Å². The summed E-state index contributed by atoms with van der Waals surface area (Å²) in [6.07, 6.45) is 0.164. The molecule has 154 valence electrons. The number of alkyl halides is 2. The Morgan fingerprint density at radius 3 is 2.79 bits per heavy atom. The first-order valence-corrected chi connectivity index (χ1v) is 9.23. The number of halogens is 3. The minimum Gasteiger partial charge on any atom is -0.471 e. The molecule has 0 bridgehead atoms. The quantitative estimate of drug-likeness (QED) is 0.629. The molecule has 1 atom stereocenters. The number of hydrogen-bond donors (Lipinski definition) is 0.